The molecule has 1 unspecified atom stereocenters. The van der Waals surface area contributed by atoms with Gasteiger partial charge in [0.2, 0.25) is 5.91 Å². The van der Waals surface area contributed by atoms with Crippen molar-refractivity contribution in [1.82, 2.24) is 4.90 Å². The van der Waals surface area contributed by atoms with E-state index in [2.05, 4.69) is 0 Å². The predicted molar refractivity (Wildman–Crippen MR) is 95.4 cm³/mol. The molecular weight excluding hydrogens is 350 g/mol. The van der Waals surface area contributed by atoms with E-state index >= 15 is 0 Å². The summed E-state index contributed by atoms with van der Waals surface area (Å²) in [5, 5.41) is 3.36. The van der Waals surface area contributed by atoms with Crippen LogP contribution in [0.25, 0.3) is 6.08 Å². The predicted octanol–water partition coefficient (Wildman–Crippen LogP) is 3.21. The number of hydrogen-bond donors (Lipinski definition) is 0. The molecule has 1 atom stereocenters. The van der Waals surface area contributed by atoms with E-state index in [1.165, 1.54) is 17.4 Å². The number of hydrogen-bond acceptors (Lipinski definition) is 5. The number of carbonyl (C=O) groups is 1. The second-order valence-corrected chi connectivity index (χ2v) is 9.60. The first-order chi connectivity index (χ1) is 11.1. The zero-order valence-corrected chi connectivity index (χ0v) is 14.9. The van der Waals surface area contributed by atoms with Crippen molar-refractivity contribution in [3.8, 4) is 0 Å². The summed E-state index contributed by atoms with van der Waals surface area (Å²) in [6.45, 7) is 0.729. The van der Waals surface area contributed by atoms with Gasteiger partial charge in [0.1, 0.15) is 0 Å². The number of nitrogens with zero attached hydrogens (tertiary/aromatic N) is 1. The summed E-state index contributed by atoms with van der Waals surface area (Å²) in [6.07, 6.45) is 3.77. The summed E-state index contributed by atoms with van der Waals surface area (Å²) in [5.41, 5.74) is 0. The van der Waals surface area contributed by atoms with Crippen LogP contribution >= 0.6 is 22.7 Å². The molecule has 3 heterocycles. The van der Waals surface area contributed by atoms with Crippen molar-refractivity contribution < 1.29 is 13.2 Å². The summed E-state index contributed by atoms with van der Waals surface area (Å²) in [5.74, 6) is -0.103. The molecule has 0 aromatic carbocycles. The Bertz CT molecular complexity index is 777. The first-order valence-electron chi connectivity index (χ1n) is 7.32. The molecule has 2 aromatic heterocycles. The normalized spacial score (nSPS) is 21.4. The third-order valence-electron chi connectivity index (χ3n) is 3.85. The molecule has 1 saturated heterocycles. The largest absolute Gasteiger partial charge is 0.338 e. The van der Waals surface area contributed by atoms with E-state index in [1.54, 1.807) is 22.3 Å². The van der Waals surface area contributed by atoms with Gasteiger partial charge in [-0.2, -0.15) is 0 Å². The maximum Gasteiger partial charge on any atom is 0.246 e. The first-order valence-corrected chi connectivity index (χ1v) is 10.8. The average Bonchev–Trinajstić information content (AvgIpc) is 3.19. The maximum absolute atomic E-state index is 12.5. The second-order valence-electron chi connectivity index (χ2n) is 5.33. The van der Waals surface area contributed by atoms with Gasteiger partial charge in [0.25, 0.3) is 0 Å². The summed E-state index contributed by atoms with van der Waals surface area (Å²) >= 11 is 3.03. The molecule has 23 heavy (non-hydrogen) atoms. The molecule has 7 heteroatoms. The van der Waals surface area contributed by atoms with Crippen molar-refractivity contribution in [3.63, 3.8) is 0 Å². The highest BCUT2D eigenvalue weighted by Gasteiger charge is 2.32. The van der Waals surface area contributed by atoms with E-state index in [9.17, 15) is 13.2 Å². The fourth-order valence-electron chi connectivity index (χ4n) is 2.60. The quantitative estimate of drug-likeness (QED) is 0.783. The van der Waals surface area contributed by atoms with Crippen LogP contribution in [0.1, 0.15) is 21.4 Å². The zero-order valence-electron chi connectivity index (χ0n) is 12.4. The van der Waals surface area contributed by atoms with Gasteiger partial charge in [-0.1, -0.05) is 12.1 Å². The van der Waals surface area contributed by atoms with Crippen LogP contribution in [0.5, 0.6) is 0 Å². The van der Waals surface area contributed by atoms with Crippen LogP contribution in [0.2, 0.25) is 0 Å². The molecule has 0 saturated carbocycles. The molecule has 0 bridgehead atoms. The third-order valence-corrected chi connectivity index (χ3v) is 7.93. The molecule has 1 amide bonds. The van der Waals surface area contributed by atoms with E-state index in [4.69, 9.17) is 0 Å². The number of sulfone groups is 1. The number of thiophene rings is 2. The summed E-state index contributed by atoms with van der Waals surface area (Å²) in [4.78, 5) is 15.8. The molecule has 4 nitrogen and oxygen atoms in total. The van der Waals surface area contributed by atoms with Gasteiger partial charge in [-0.25, -0.2) is 8.42 Å². The van der Waals surface area contributed by atoms with Crippen molar-refractivity contribution in [3.05, 3.63) is 50.9 Å². The number of rotatable bonds is 3. The highest BCUT2D eigenvalue weighted by Crippen LogP contribution is 2.32. The van der Waals surface area contributed by atoms with Gasteiger partial charge in [-0.15, -0.1) is 22.7 Å². The van der Waals surface area contributed by atoms with E-state index in [-0.39, 0.29) is 18.2 Å². The van der Waals surface area contributed by atoms with E-state index < -0.39 is 15.1 Å². The van der Waals surface area contributed by atoms with Crippen molar-refractivity contribution in [2.24, 2.45) is 0 Å². The van der Waals surface area contributed by atoms with Crippen molar-refractivity contribution >= 4 is 44.5 Å². The molecule has 0 radical (unpaired) electrons. The van der Waals surface area contributed by atoms with Gasteiger partial charge < -0.3 is 4.90 Å². The monoisotopic (exact) mass is 367 g/mol. The lowest BCUT2D eigenvalue weighted by Crippen LogP contribution is -2.32. The van der Waals surface area contributed by atoms with Gasteiger partial charge in [-0.05, 0) is 35.4 Å². The standard InChI is InChI=1S/C16H17NO3S3/c18-16(6-5-13-3-1-10-21-13)17-8-7-15(14-4-2-11-22-14)23(19,20)12-9-17/h1-6,10-11,15H,7-9,12H2/b6-5+. The Balaban J connectivity index is 1.71. The smallest absolute Gasteiger partial charge is 0.246 e. The summed E-state index contributed by atoms with van der Waals surface area (Å²) in [6, 6.07) is 7.60. The fourth-order valence-corrected chi connectivity index (χ4v) is 6.23. The van der Waals surface area contributed by atoms with Gasteiger partial charge in [0.05, 0.1) is 11.0 Å². The molecular formula is C16H17NO3S3. The molecule has 1 aliphatic heterocycles. The average molecular weight is 368 g/mol. The van der Waals surface area contributed by atoms with E-state index in [0.29, 0.717) is 13.0 Å². The Morgan fingerprint density at radius 3 is 2.65 bits per heavy atom. The molecule has 0 N–H and O–H groups in total. The van der Waals surface area contributed by atoms with Gasteiger partial charge in [0.15, 0.2) is 9.84 Å². The first kappa shape index (κ1) is 16.4. The van der Waals surface area contributed by atoms with Crippen LogP contribution in [-0.4, -0.2) is 38.1 Å². The summed E-state index contributed by atoms with van der Waals surface area (Å²) < 4.78 is 24.9. The Labute approximate surface area is 144 Å². The second kappa shape index (κ2) is 6.98. The van der Waals surface area contributed by atoms with Gasteiger partial charge in [-0.3, -0.25) is 4.79 Å². The lowest BCUT2D eigenvalue weighted by Gasteiger charge is -2.17. The van der Waals surface area contributed by atoms with Crippen LogP contribution in [0, 0.1) is 0 Å². The molecule has 1 fully saturated rings. The van der Waals surface area contributed by atoms with E-state index in [1.807, 2.05) is 35.0 Å². The van der Waals surface area contributed by atoms with Crippen molar-refractivity contribution in [1.29, 1.82) is 0 Å². The van der Waals surface area contributed by atoms with Crippen LogP contribution in [0.15, 0.2) is 41.1 Å². The van der Waals surface area contributed by atoms with Gasteiger partial charge >= 0.3 is 0 Å². The Kier molecular flexibility index (Phi) is 4.99. The highest BCUT2D eigenvalue weighted by atomic mass is 32.2. The van der Waals surface area contributed by atoms with Crippen LogP contribution in [-0.2, 0) is 14.6 Å². The number of carbonyl (C=O) groups excluding carboxylic acids is 1. The Morgan fingerprint density at radius 1 is 1.17 bits per heavy atom. The van der Waals surface area contributed by atoms with Crippen molar-refractivity contribution in [2.75, 3.05) is 18.8 Å². The molecule has 122 valence electrons. The summed E-state index contributed by atoms with van der Waals surface area (Å²) in [7, 11) is -3.21. The van der Waals surface area contributed by atoms with Crippen LogP contribution in [0.3, 0.4) is 0 Å². The molecule has 0 aliphatic carbocycles. The Hall–Kier alpha value is -1.44. The topological polar surface area (TPSA) is 54.5 Å². The zero-order chi connectivity index (χ0) is 16.3. The van der Waals surface area contributed by atoms with Gasteiger partial charge in [0, 0.05) is 28.9 Å². The molecule has 3 rings (SSSR count). The maximum atomic E-state index is 12.5. The third kappa shape index (κ3) is 3.91. The fraction of sp³-hybridized carbons (Fsp3) is 0.312. The molecule has 2 aromatic rings. The highest BCUT2D eigenvalue weighted by molar-refractivity contribution is 7.91. The lowest BCUT2D eigenvalue weighted by atomic mass is 10.2. The minimum absolute atomic E-state index is 0.0220. The minimum atomic E-state index is -3.21. The molecule has 0 spiro atoms. The SMILES string of the molecule is O=C(/C=C/c1cccs1)N1CCC(c2cccs2)S(=O)(=O)CC1. The van der Waals surface area contributed by atoms with Crippen LogP contribution in [0.4, 0.5) is 0 Å². The Morgan fingerprint density at radius 2 is 1.96 bits per heavy atom. The van der Waals surface area contributed by atoms with E-state index in [0.717, 1.165) is 9.75 Å². The minimum Gasteiger partial charge on any atom is -0.338 e. The lowest BCUT2D eigenvalue weighted by molar-refractivity contribution is -0.125. The van der Waals surface area contributed by atoms with Crippen LogP contribution < -0.4 is 0 Å². The van der Waals surface area contributed by atoms with Crippen molar-refractivity contribution in [2.45, 2.75) is 11.7 Å². The molecule has 1 aliphatic rings. The number of amides is 1.